The second kappa shape index (κ2) is 7.16. The molecule has 0 spiro atoms. The average molecular weight is 282 g/mol. The lowest BCUT2D eigenvalue weighted by Gasteiger charge is -2.27. The average Bonchev–Trinajstić information content (AvgIpc) is 2.59. The van der Waals surface area contributed by atoms with Crippen molar-refractivity contribution in [3.05, 3.63) is 28.8 Å². The summed E-state index contributed by atoms with van der Waals surface area (Å²) in [6.07, 6.45) is 6.39. The minimum absolute atomic E-state index is 0.239. The van der Waals surface area contributed by atoms with Crippen molar-refractivity contribution in [3.8, 4) is 5.75 Å². The zero-order valence-electron chi connectivity index (χ0n) is 11.9. The van der Waals surface area contributed by atoms with E-state index in [-0.39, 0.29) is 6.10 Å². The number of nitrogens with one attached hydrogen (secondary N) is 1. The SMILES string of the molecule is CCNC1CCCCCC1Oc1ccc(C)cc1Cl. The van der Waals surface area contributed by atoms with Crippen LogP contribution in [0.5, 0.6) is 5.75 Å². The number of aryl methyl sites for hydroxylation is 1. The van der Waals surface area contributed by atoms with Crippen LogP contribution in [0, 0.1) is 6.92 Å². The minimum atomic E-state index is 0.239. The van der Waals surface area contributed by atoms with Crippen molar-refractivity contribution in [2.24, 2.45) is 0 Å². The van der Waals surface area contributed by atoms with Crippen molar-refractivity contribution in [2.75, 3.05) is 6.54 Å². The molecule has 0 amide bonds. The van der Waals surface area contributed by atoms with Gasteiger partial charge in [0.1, 0.15) is 11.9 Å². The van der Waals surface area contributed by atoms with Crippen LogP contribution in [0.25, 0.3) is 0 Å². The standard InChI is InChI=1S/C16H24ClNO/c1-3-18-14-7-5-4-6-8-16(14)19-15-10-9-12(2)11-13(15)17/h9-11,14,16,18H,3-8H2,1-2H3. The third-order valence-corrected chi connectivity index (χ3v) is 4.08. The van der Waals surface area contributed by atoms with Crippen LogP contribution in [0.3, 0.4) is 0 Å². The number of benzene rings is 1. The Labute approximate surface area is 121 Å². The summed E-state index contributed by atoms with van der Waals surface area (Å²) in [7, 11) is 0. The van der Waals surface area contributed by atoms with Crippen LogP contribution in [-0.4, -0.2) is 18.7 Å². The second-order valence-electron chi connectivity index (χ2n) is 5.39. The molecule has 0 bridgehead atoms. The maximum absolute atomic E-state index is 6.27. The van der Waals surface area contributed by atoms with Gasteiger partial charge in [0.25, 0.3) is 0 Å². The molecule has 2 unspecified atom stereocenters. The molecule has 106 valence electrons. The van der Waals surface area contributed by atoms with Crippen molar-refractivity contribution in [3.63, 3.8) is 0 Å². The van der Waals surface area contributed by atoms with Crippen LogP contribution in [0.15, 0.2) is 18.2 Å². The molecular weight excluding hydrogens is 258 g/mol. The zero-order valence-corrected chi connectivity index (χ0v) is 12.7. The highest BCUT2D eigenvalue weighted by atomic mass is 35.5. The Hall–Kier alpha value is -0.730. The molecule has 1 aliphatic rings. The van der Waals surface area contributed by atoms with Crippen LogP contribution in [-0.2, 0) is 0 Å². The highest BCUT2D eigenvalue weighted by Gasteiger charge is 2.25. The van der Waals surface area contributed by atoms with E-state index in [0.717, 1.165) is 23.7 Å². The fraction of sp³-hybridized carbons (Fsp3) is 0.625. The van der Waals surface area contributed by atoms with E-state index in [1.54, 1.807) is 0 Å². The third-order valence-electron chi connectivity index (χ3n) is 3.78. The van der Waals surface area contributed by atoms with Gasteiger partial charge in [-0.05, 0) is 50.4 Å². The van der Waals surface area contributed by atoms with Gasteiger partial charge in [0.15, 0.2) is 0 Å². The summed E-state index contributed by atoms with van der Waals surface area (Å²) in [6.45, 7) is 5.19. The van der Waals surface area contributed by atoms with E-state index in [1.807, 2.05) is 19.1 Å². The largest absolute Gasteiger partial charge is 0.487 e. The van der Waals surface area contributed by atoms with Crippen molar-refractivity contribution in [1.29, 1.82) is 0 Å². The molecule has 0 heterocycles. The van der Waals surface area contributed by atoms with Crippen LogP contribution < -0.4 is 10.1 Å². The van der Waals surface area contributed by atoms with E-state index in [2.05, 4.69) is 18.3 Å². The van der Waals surface area contributed by atoms with E-state index >= 15 is 0 Å². The first-order valence-corrected chi connectivity index (χ1v) is 7.74. The van der Waals surface area contributed by atoms with Gasteiger partial charge < -0.3 is 10.1 Å². The number of hydrogen-bond donors (Lipinski definition) is 1. The van der Waals surface area contributed by atoms with Crippen molar-refractivity contribution >= 4 is 11.6 Å². The number of hydrogen-bond acceptors (Lipinski definition) is 2. The Morgan fingerprint density at radius 1 is 1.26 bits per heavy atom. The predicted octanol–water partition coefficient (Wildman–Crippen LogP) is 4.34. The molecule has 0 radical (unpaired) electrons. The zero-order chi connectivity index (χ0) is 13.7. The summed E-state index contributed by atoms with van der Waals surface area (Å²) >= 11 is 6.27. The van der Waals surface area contributed by atoms with Crippen molar-refractivity contribution < 1.29 is 4.74 Å². The molecule has 1 saturated carbocycles. The first kappa shape index (κ1) is 14.7. The summed E-state index contributed by atoms with van der Waals surface area (Å²) < 4.78 is 6.19. The summed E-state index contributed by atoms with van der Waals surface area (Å²) in [5.41, 5.74) is 1.17. The molecule has 1 aromatic rings. The van der Waals surface area contributed by atoms with Crippen molar-refractivity contribution in [1.82, 2.24) is 5.32 Å². The number of ether oxygens (including phenoxy) is 1. The Balaban J connectivity index is 2.09. The minimum Gasteiger partial charge on any atom is -0.487 e. The first-order valence-electron chi connectivity index (χ1n) is 7.37. The van der Waals surface area contributed by atoms with Gasteiger partial charge in [-0.1, -0.05) is 37.4 Å². The predicted molar refractivity (Wildman–Crippen MR) is 81.2 cm³/mol. The molecule has 0 saturated heterocycles. The van der Waals surface area contributed by atoms with Crippen LogP contribution in [0.2, 0.25) is 5.02 Å². The Morgan fingerprint density at radius 2 is 2.05 bits per heavy atom. The number of likely N-dealkylation sites (N-methyl/N-ethyl adjacent to an activating group) is 1. The summed E-state index contributed by atoms with van der Waals surface area (Å²) in [5, 5.41) is 4.28. The topological polar surface area (TPSA) is 21.3 Å². The van der Waals surface area contributed by atoms with Gasteiger partial charge in [-0.25, -0.2) is 0 Å². The van der Waals surface area contributed by atoms with Gasteiger partial charge in [0, 0.05) is 6.04 Å². The molecule has 2 nitrogen and oxygen atoms in total. The molecule has 1 N–H and O–H groups in total. The third kappa shape index (κ3) is 4.12. The lowest BCUT2D eigenvalue weighted by Crippen LogP contribution is -2.42. The van der Waals surface area contributed by atoms with Gasteiger partial charge in [0.2, 0.25) is 0 Å². The molecule has 0 aliphatic heterocycles. The maximum atomic E-state index is 6.27. The molecule has 1 fully saturated rings. The highest BCUT2D eigenvalue weighted by Crippen LogP contribution is 2.29. The molecule has 1 aromatic carbocycles. The maximum Gasteiger partial charge on any atom is 0.138 e. The molecule has 0 aromatic heterocycles. The van der Waals surface area contributed by atoms with Gasteiger partial charge in [0.05, 0.1) is 5.02 Å². The smallest absolute Gasteiger partial charge is 0.138 e. The van der Waals surface area contributed by atoms with E-state index in [9.17, 15) is 0 Å². The summed E-state index contributed by atoms with van der Waals surface area (Å²) in [4.78, 5) is 0. The normalized spacial score (nSPS) is 23.9. The first-order chi connectivity index (χ1) is 9.20. The molecular formula is C16H24ClNO. The van der Waals surface area contributed by atoms with Gasteiger partial charge in [-0.15, -0.1) is 0 Å². The number of rotatable bonds is 4. The van der Waals surface area contributed by atoms with Gasteiger partial charge in [-0.2, -0.15) is 0 Å². The summed E-state index contributed by atoms with van der Waals surface area (Å²) in [6, 6.07) is 6.46. The van der Waals surface area contributed by atoms with Crippen LogP contribution in [0.1, 0.15) is 44.6 Å². The van der Waals surface area contributed by atoms with Crippen molar-refractivity contribution in [2.45, 2.75) is 58.1 Å². The van der Waals surface area contributed by atoms with Crippen LogP contribution in [0.4, 0.5) is 0 Å². The molecule has 2 atom stereocenters. The van der Waals surface area contributed by atoms with Gasteiger partial charge >= 0.3 is 0 Å². The van der Waals surface area contributed by atoms with E-state index in [4.69, 9.17) is 16.3 Å². The van der Waals surface area contributed by atoms with E-state index < -0.39 is 0 Å². The lowest BCUT2D eigenvalue weighted by molar-refractivity contribution is 0.146. The molecule has 1 aliphatic carbocycles. The van der Waals surface area contributed by atoms with Gasteiger partial charge in [-0.3, -0.25) is 0 Å². The summed E-state index contributed by atoms with van der Waals surface area (Å²) in [5.74, 6) is 0.821. The van der Waals surface area contributed by atoms with E-state index in [1.165, 1.54) is 31.2 Å². The van der Waals surface area contributed by atoms with Crippen LogP contribution >= 0.6 is 11.6 Å². The monoisotopic (exact) mass is 281 g/mol. The number of halogens is 1. The molecule has 19 heavy (non-hydrogen) atoms. The Kier molecular flexibility index (Phi) is 5.53. The molecule has 2 rings (SSSR count). The highest BCUT2D eigenvalue weighted by molar-refractivity contribution is 6.32. The quantitative estimate of drug-likeness (QED) is 0.829. The Morgan fingerprint density at radius 3 is 2.79 bits per heavy atom. The fourth-order valence-corrected chi connectivity index (χ4v) is 3.05. The molecule has 3 heteroatoms. The van der Waals surface area contributed by atoms with E-state index in [0.29, 0.717) is 6.04 Å². The second-order valence-corrected chi connectivity index (χ2v) is 5.80. The Bertz CT molecular complexity index is 408. The lowest BCUT2D eigenvalue weighted by atomic mass is 10.1. The fourth-order valence-electron chi connectivity index (χ4n) is 2.77.